The second kappa shape index (κ2) is 11.7. The van der Waals surface area contributed by atoms with Crippen molar-refractivity contribution < 1.29 is 23.9 Å². The average Bonchev–Trinajstić information content (AvgIpc) is 3.34. The van der Waals surface area contributed by atoms with Gasteiger partial charge >= 0.3 is 5.97 Å². The van der Waals surface area contributed by atoms with Crippen LogP contribution < -0.4 is 9.64 Å². The molecule has 5 rings (SSSR count). The van der Waals surface area contributed by atoms with Crippen LogP contribution in [-0.4, -0.2) is 30.8 Å². The van der Waals surface area contributed by atoms with Crippen molar-refractivity contribution in [3.63, 3.8) is 0 Å². The second-order valence-electron chi connectivity index (χ2n) is 9.02. The van der Waals surface area contributed by atoms with Crippen molar-refractivity contribution in [2.24, 2.45) is 5.92 Å². The SMILES string of the molecule is O=C(COC(=O)[C@@H]1CC(=O)N(c2ccc(Oc3ccccc3-c3ccccc3)cc2)C1)c1ccc(Cl)cc1Cl. The van der Waals surface area contributed by atoms with Gasteiger partial charge in [-0.2, -0.15) is 0 Å². The van der Waals surface area contributed by atoms with Crippen LogP contribution in [0.1, 0.15) is 16.8 Å². The molecule has 0 aromatic heterocycles. The number of nitrogens with zero attached hydrogens (tertiary/aromatic N) is 1. The Morgan fingerprint density at radius 3 is 2.33 bits per heavy atom. The summed E-state index contributed by atoms with van der Waals surface area (Å²) >= 11 is 11.9. The number of carbonyl (C=O) groups excluding carboxylic acids is 3. The fourth-order valence-corrected chi connectivity index (χ4v) is 4.91. The molecule has 6 nitrogen and oxygen atoms in total. The van der Waals surface area contributed by atoms with Gasteiger partial charge in [0.2, 0.25) is 11.7 Å². The monoisotopic (exact) mass is 559 g/mol. The Balaban J connectivity index is 1.20. The third kappa shape index (κ3) is 6.14. The minimum absolute atomic E-state index is 0.00255. The highest BCUT2D eigenvalue weighted by atomic mass is 35.5. The van der Waals surface area contributed by atoms with E-state index < -0.39 is 24.3 Å². The zero-order valence-electron chi connectivity index (χ0n) is 20.7. The van der Waals surface area contributed by atoms with Gasteiger partial charge in [-0.05, 0) is 54.1 Å². The number of para-hydroxylation sites is 1. The molecule has 1 atom stereocenters. The summed E-state index contributed by atoms with van der Waals surface area (Å²) in [6.45, 7) is -0.314. The van der Waals surface area contributed by atoms with Gasteiger partial charge in [-0.1, -0.05) is 71.7 Å². The van der Waals surface area contributed by atoms with Crippen molar-refractivity contribution in [1.82, 2.24) is 0 Å². The normalized spacial score (nSPS) is 14.8. The summed E-state index contributed by atoms with van der Waals surface area (Å²) in [4.78, 5) is 39.3. The maximum absolute atomic E-state index is 12.7. The largest absolute Gasteiger partial charge is 0.457 e. The van der Waals surface area contributed by atoms with Gasteiger partial charge in [-0.15, -0.1) is 0 Å². The molecule has 0 spiro atoms. The molecular formula is C31H23Cl2NO5. The molecule has 0 saturated carbocycles. The third-order valence-corrected chi connectivity index (χ3v) is 6.93. The topological polar surface area (TPSA) is 72.9 Å². The van der Waals surface area contributed by atoms with Crippen LogP contribution in [0.5, 0.6) is 11.5 Å². The van der Waals surface area contributed by atoms with Gasteiger partial charge in [0.1, 0.15) is 11.5 Å². The van der Waals surface area contributed by atoms with Gasteiger partial charge in [-0.3, -0.25) is 14.4 Å². The number of ether oxygens (including phenoxy) is 2. The Labute approximate surface area is 235 Å². The molecule has 39 heavy (non-hydrogen) atoms. The predicted octanol–water partition coefficient (Wildman–Crippen LogP) is 7.23. The van der Waals surface area contributed by atoms with E-state index in [4.69, 9.17) is 32.7 Å². The summed E-state index contributed by atoms with van der Waals surface area (Å²) in [7, 11) is 0. The summed E-state index contributed by atoms with van der Waals surface area (Å²) in [5, 5.41) is 0.580. The van der Waals surface area contributed by atoms with E-state index in [1.165, 1.54) is 23.1 Å². The number of ketones is 1. The van der Waals surface area contributed by atoms with E-state index in [0.29, 0.717) is 22.2 Å². The van der Waals surface area contributed by atoms with Gasteiger partial charge in [0.15, 0.2) is 6.61 Å². The molecule has 4 aromatic rings. The Kier molecular flexibility index (Phi) is 7.96. The van der Waals surface area contributed by atoms with E-state index in [2.05, 4.69) is 0 Å². The first-order chi connectivity index (χ1) is 18.9. The number of carbonyl (C=O) groups is 3. The molecule has 1 saturated heterocycles. The van der Waals surface area contributed by atoms with Crippen LogP contribution in [0.3, 0.4) is 0 Å². The van der Waals surface area contributed by atoms with Crippen LogP contribution in [0.25, 0.3) is 11.1 Å². The Morgan fingerprint density at radius 1 is 0.872 bits per heavy atom. The molecule has 0 aliphatic carbocycles. The maximum atomic E-state index is 12.7. The third-order valence-electron chi connectivity index (χ3n) is 6.38. The number of hydrogen-bond donors (Lipinski definition) is 0. The van der Waals surface area contributed by atoms with Crippen molar-refractivity contribution in [2.75, 3.05) is 18.1 Å². The Morgan fingerprint density at radius 2 is 1.59 bits per heavy atom. The van der Waals surface area contributed by atoms with Gasteiger partial charge in [0.25, 0.3) is 0 Å². The van der Waals surface area contributed by atoms with E-state index in [1.54, 1.807) is 24.3 Å². The number of amides is 1. The Bertz CT molecular complexity index is 1520. The quantitative estimate of drug-likeness (QED) is 0.168. The van der Waals surface area contributed by atoms with Crippen LogP contribution in [0.15, 0.2) is 97.1 Å². The molecule has 0 bridgehead atoms. The Hall–Kier alpha value is -4.13. The standard InChI is InChI=1S/C31H23Cl2NO5/c32-22-10-15-26(27(33)17-22)28(35)19-38-31(37)21-16-30(36)34(18-21)23-11-13-24(14-12-23)39-29-9-5-4-8-25(29)20-6-2-1-3-7-20/h1-15,17,21H,16,18-19H2/t21-/m1/s1. The van der Waals surface area contributed by atoms with E-state index in [9.17, 15) is 14.4 Å². The molecule has 0 N–H and O–H groups in total. The van der Waals surface area contributed by atoms with Crippen LogP contribution in [-0.2, 0) is 14.3 Å². The number of Topliss-reactive ketones (excluding diaryl/α,β-unsaturated/α-hetero) is 1. The first kappa shape index (κ1) is 26.5. The lowest BCUT2D eigenvalue weighted by Crippen LogP contribution is -2.27. The average molecular weight is 560 g/mol. The first-order valence-electron chi connectivity index (χ1n) is 12.3. The number of benzene rings is 4. The molecule has 196 valence electrons. The molecule has 1 amide bonds. The molecule has 0 radical (unpaired) electrons. The minimum Gasteiger partial charge on any atom is -0.457 e. The molecule has 1 heterocycles. The number of halogens is 2. The number of esters is 1. The molecular weight excluding hydrogens is 537 g/mol. The number of hydrogen-bond acceptors (Lipinski definition) is 5. The number of rotatable bonds is 8. The van der Waals surface area contributed by atoms with E-state index in [1.807, 2.05) is 54.6 Å². The fourth-order valence-electron chi connectivity index (χ4n) is 4.40. The molecule has 1 fully saturated rings. The fraction of sp³-hybridized carbons (Fsp3) is 0.129. The smallest absolute Gasteiger partial charge is 0.311 e. The van der Waals surface area contributed by atoms with Crippen molar-refractivity contribution in [3.05, 3.63) is 113 Å². The van der Waals surface area contributed by atoms with Crippen LogP contribution in [0, 0.1) is 5.92 Å². The highest BCUT2D eigenvalue weighted by molar-refractivity contribution is 6.36. The summed E-state index contributed by atoms with van der Waals surface area (Å²) in [6, 6.07) is 29.3. The lowest BCUT2D eigenvalue weighted by atomic mass is 10.0. The van der Waals surface area contributed by atoms with Crippen molar-refractivity contribution in [3.8, 4) is 22.6 Å². The van der Waals surface area contributed by atoms with Crippen LogP contribution in [0.2, 0.25) is 10.0 Å². The van der Waals surface area contributed by atoms with E-state index in [0.717, 1.165) is 11.1 Å². The number of anilines is 1. The molecule has 8 heteroatoms. The second-order valence-corrected chi connectivity index (χ2v) is 9.86. The molecule has 0 unspecified atom stereocenters. The molecule has 1 aliphatic heterocycles. The van der Waals surface area contributed by atoms with Crippen molar-refractivity contribution in [2.45, 2.75) is 6.42 Å². The van der Waals surface area contributed by atoms with Crippen molar-refractivity contribution >= 4 is 46.5 Å². The van der Waals surface area contributed by atoms with Gasteiger partial charge < -0.3 is 14.4 Å². The summed E-state index contributed by atoms with van der Waals surface area (Å²) in [5.74, 6) is -0.612. The van der Waals surface area contributed by atoms with Crippen molar-refractivity contribution in [1.29, 1.82) is 0 Å². The maximum Gasteiger partial charge on any atom is 0.311 e. The highest BCUT2D eigenvalue weighted by Crippen LogP contribution is 2.34. The lowest BCUT2D eigenvalue weighted by molar-refractivity contribution is -0.147. The zero-order chi connectivity index (χ0) is 27.4. The zero-order valence-corrected chi connectivity index (χ0v) is 22.2. The van der Waals surface area contributed by atoms with Crippen LogP contribution >= 0.6 is 23.2 Å². The summed E-state index contributed by atoms with van der Waals surface area (Å²) < 4.78 is 11.4. The predicted molar refractivity (Wildman–Crippen MR) is 151 cm³/mol. The van der Waals surface area contributed by atoms with Crippen LogP contribution in [0.4, 0.5) is 5.69 Å². The lowest BCUT2D eigenvalue weighted by Gasteiger charge is -2.17. The first-order valence-corrected chi connectivity index (χ1v) is 13.0. The van der Waals surface area contributed by atoms with Gasteiger partial charge in [0.05, 0.1) is 10.9 Å². The molecule has 4 aromatic carbocycles. The minimum atomic E-state index is -0.681. The summed E-state index contributed by atoms with van der Waals surface area (Å²) in [5.41, 5.74) is 2.87. The van der Waals surface area contributed by atoms with Gasteiger partial charge in [-0.25, -0.2) is 0 Å². The van der Waals surface area contributed by atoms with E-state index >= 15 is 0 Å². The van der Waals surface area contributed by atoms with E-state index in [-0.39, 0.29) is 29.5 Å². The van der Waals surface area contributed by atoms with Gasteiger partial charge in [0, 0.05) is 34.8 Å². The summed E-state index contributed by atoms with van der Waals surface area (Å²) in [6.07, 6.45) is -0.00255. The molecule has 1 aliphatic rings. The highest BCUT2D eigenvalue weighted by Gasteiger charge is 2.36.